The predicted octanol–water partition coefficient (Wildman–Crippen LogP) is 2.10. The van der Waals surface area contributed by atoms with Gasteiger partial charge in [0.15, 0.2) is 0 Å². The molecule has 1 aromatic heterocycles. The van der Waals surface area contributed by atoms with Crippen molar-refractivity contribution in [3.05, 3.63) is 42.1 Å². The number of aromatic amines is 1. The molecule has 0 aliphatic heterocycles. The molecule has 0 unspecified atom stereocenters. The first-order valence-electron chi connectivity index (χ1n) is 6.20. The Morgan fingerprint density at radius 1 is 1.33 bits per heavy atom. The molecule has 3 rings (SSSR count). The summed E-state index contributed by atoms with van der Waals surface area (Å²) in [4.78, 5) is 11.6. The lowest BCUT2D eigenvalue weighted by Crippen LogP contribution is -2.24. The smallest absolute Gasteiger partial charge is 0.223 e. The summed E-state index contributed by atoms with van der Waals surface area (Å²) < 4.78 is 0. The molecule has 1 amide bonds. The van der Waals surface area contributed by atoms with Crippen molar-refractivity contribution >= 4 is 5.91 Å². The summed E-state index contributed by atoms with van der Waals surface area (Å²) in [5.41, 5.74) is 3.09. The molecule has 0 atom stereocenters. The van der Waals surface area contributed by atoms with Crippen LogP contribution in [-0.2, 0) is 11.3 Å². The quantitative estimate of drug-likeness (QED) is 0.861. The van der Waals surface area contributed by atoms with Crippen LogP contribution in [0.15, 0.2) is 36.5 Å². The lowest BCUT2D eigenvalue weighted by molar-refractivity contribution is -0.122. The molecule has 1 aliphatic rings. The van der Waals surface area contributed by atoms with Crippen LogP contribution in [0.5, 0.6) is 0 Å². The van der Waals surface area contributed by atoms with Crippen LogP contribution in [0.1, 0.15) is 18.4 Å². The third kappa shape index (κ3) is 2.27. The number of carbonyl (C=O) groups excluding carboxylic acids is 1. The number of H-pyrrole nitrogens is 1. The molecule has 1 fully saturated rings. The van der Waals surface area contributed by atoms with E-state index in [9.17, 15) is 4.79 Å². The highest BCUT2D eigenvalue weighted by Crippen LogP contribution is 2.29. The van der Waals surface area contributed by atoms with E-state index in [0.29, 0.717) is 6.54 Å². The SMILES string of the molecule is O=C(NCc1cn[nH]c1-c1ccccc1)C1CC1. The van der Waals surface area contributed by atoms with E-state index in [1.165, 1.54) is 0 Å². The zero-order valence-electron chi connectivity index (χ0n) is 10.0. The number of amides is 1. The maximum atomic E-state index is 11.6. The molecule has 2 aromatic rings. The summed E-state index contributed by atoms with van der Waals surface area (Å²) in [6, 6.07) is 10.0. The molecule has 4 heteroatoms. The van der Waals surface area contributed by atoms with E-state index >= 15 is 0 Å². The standard InChI is InChI=1S/C14H15N3O/c18-14(11-6-7-11)15-8-12-9-16-17-13(12)10-4-2-1-3-5-10/h1-5,9,11H,6-8H2,(H,15,18)(H,16,17). The highest BCUT2D eigenvalue weighted by molar-refractivity contribution is 5.81. The summed E-state index contributed by atoms with van der Waals surface area (Å²) in [7, 11) is 0. The van der Waals surface area contributed by atoms with Crippen molar-refractivity contribution in [3.63, 3.8) is 0 Å². The van der Waals surface area contributed by atoms with Crippen molar-refractivity contribution in [2.45, 2.75) is 19.4 Å². The number of aromatic nitrogens is 2. The van der Waals surface area contributed by atoms with E-state index in [0.717, 1.165) is 29.7 Å². The van der Waals surface area contributed by atoms with Crippen molar-refractivity contribution in [2.24, 2.45) is 5.92 Å². The summed E-state index contributed by atoms with van der Waals surface area (Å²) in [5, 5.41) is 10.0. The van der Waals surface area contributed by atoms with Crippen LogP contribution in [0.4, 0.5) is 0 Å². The average Bonchev–Trinajstić information content (AvgIpc) is 3.16. The molecular weight excluding hydrogens is 226 g/mol. The van der Waals surface area contributed by atoms with Gasteiger partial charge in [0.25, 0.3) is 0 Å². The van der Waals surface area contributed by atoms with Gasteiger partial charge in [-0.2, -0.15) is 5.10 Å². The predicted molar refractivity (Wildman–Crippen MR) is 68.6 cm³/mol. The topological polar surface area (TPSA) is 57.8 Å². The molecule has 1 heterocycles. The Hall–Kier alpha value is -2.10. The van der Waals surface area contributed by atoms with Crippen molar-refractivity contribution < 1.29 is 4.79 Å². The molecular formula is C14H15N3O. The summed E-state index contributed by atoms with van der Waals surface area (Å²) >= 11 is 0. The van der Waals surface area contributed by atoms with Gasteiger partial charge in [0.2, 0.25) is 5.91 Å². The van der Waals surface area contributed by atoms with Crippen LogP contribution in [0.2, 0.25) is 0 Å². The molecule has 1 aromatic carbocycles. The lowest BCUT2D eigenvalue weighted by Gasteiger charge is -2.05. The van der Waals surface area contributed by atoms with Gasteiger partial charge >= 0.3 is 0 Å². The summed E-state index contributed by atoms with van der Waals surface area (Å²) in [5.74, 6) is 0.410. The van der Waals surface area contributed by atoms with Crippen molar-refractivity contribution in [3.8, 4) is 11.3 Å². The Kier molecular flexibility index (Phi) is 2.84. The van der Waals surface area contributed by atoms with E-state index in [2.05, 4.69) is 15.5 Å². The van der Waals surface area contributed by atoms with Crippen LogP contribution in [0.3, 0.4) is 0 Å². The first-order valence-corrected chi connectivity index (χ1v) is 6.20. The van der Waals surface area contributed by atoms with Crippen LogP contribution in [-0.4, -0.2) is 16.1 Å². The first-order chi connectivity index (χ1) is 8.84. The molecule has 0 radical (unpaired) electrons. The minimum atomic E-state index is 0.162. The van der Waals surface area contributed by atoms with E-state index in [1.807, 2.05) is 30.3 Å². The van der Waals surface area contributed by atoms with E-state index < -0.39 is 0 Å². The van der Waals surface area contributed by atoms with Crippen molar-refractivity contribution in [1.82, 2.24) is 15.5 Å². The van der Waals surface area contributed by atoms with Gasteiger partial charge in [0.05, 0.1) is 11.9 Å². The minimum Gasteiger partial charge on any atom is -0.352 e. The zero-order chi connectivity index (χ0) is 12.4. The van der Waals surface area contributed by atoms with Crippen LogP contribution in [0.25, 0.3) is 11.3 Å². The monoisotopic (exact) mass is 241 g/mol. The van der Waals surface area contributed by atoms with Gasteiger partial charge in [-0.1, -0.05) is 30.3 Å². The van der Waals surface area contributed by atoms with Gasteiger partial charge in [-0.05, 0) is 18.4 Å². The molecule has 1 saturated carbocycles. The van der Waals surface area contributed by atoms with Crippen molar-refractivity contribution in [2.75, 3.05) is 0 Å². The fraction of sp³-hybridized carbons (Fsp3) is 0.286. The van der Waals surface area contributed by atoms with Crippen LogP contribution >= 0.6 is 0 Å². The maximum absolute atomic E-state index is 11.6. The Labute approximate surface area is 105 Å². The molecule has 0 saturated heterocycles. The molecule has 2 N–H and O–H groups in total. The van der Waals surface area contributed by atoms with Gasteiger partial charge in [-0.3, -0.25) is 9.89 Å². The lowest BCUT2D eigenvalue weighted by atomic mass is 10.1. The maximum Gasteiger partial charge on any atom is 0.223 e. The second kappa shape index (κ2) is 4.64. The Balaban J connectivity index is 1.73. The van der Waals surface area contributed by atoms with Gasteiger partial charge < -0.3 is 5.32 Å². The first kappa shape index (κ1) is 11.0. The minimum absolute atomic E-state index is 0.162. The number of nitrogens with zero attached hydrogens (tertiary/aromatic N) is 1. The fourth-order valence-corrected chi connectivity index (χ4v) is 1.97. The number of benzene rings is 1. The molecule has 18 heavy (non-hydrogen) atoms. The van der Waals surface area contributed by atoms with Gasteiger partial charge in [-0.25, -0.2) is 0 Å². The van der Waals surface area contributed by atoms with E-state index in [1.54, 1.807) is 6.20 Å². The van der Waals surface area contributed by atoms with E-state index in [-0.39, 0.29) is 11.8 Å². The third-order valence-electron chi connectivity index (χ3n) is 3.18. The molecule has 4 nitrogen and oxygen atoms in total. The van der Waals surface area contributed by atoms with Crippen LogP contribution in [0, 0.1) is 5.92 Å². The Morgan fingerprint density at radius 2 is 2.11 bits per heavy atom. The molecule has 0 bridgehead atoms. The molecule has 1 aliphatic carbocycles. The normalized spacial score (nSPS) is 14.4. The summed E-state index contributed by atoms with van der Waals surface area (Å²) in [6.45, 7) is 0.538. The van der Waals surface area contributed by atoms with Crippen LogP contribution < -0.4 is 5.32 Å². The van der Waals surface area contributed by atoms with E-state index in [4.69, 9.17) is 0 Å². The number of rotatable bonds is 4. The van der Waals surface area contributed by atoms with Gasteiger partial charge in [0.1, 0.15) is 0 Å². The second-order valence-electron chi connectivity index (χ2n) is 4.63. The number of carbonyl (C=O) groups is 1. The van der Waals surface area contributed by atoms with Gasteiger partial charge in [0, 0.05) is 18.0 Å². The zero-order valence-corrected chi connectivity index (χ0v) is 10.0. The number of hydrogen-bond donors (Lipinski definition) is 2. The highest BCUT2D eigenvalue weighted by atomic mass is 16.2. The number of nitrogens with one attached hydrogen (secondary N) is 2. The second-order valence-corrected chi connectivity index (χ2v) is 4.63. The molecule has 0 spiro atoms. The Bertz CT molecular complexity index is 543. The largest absolute Gasteiger partial charge is 0.352 e. The molecule has 92 valence electrons. The number of hydrogen-bond acceptors (Lipinski definition) is 2. The average molecular weight is 241 g/mol. The third-order valence-corrected chi connectivity index (χ3v) is 3.18. The highest BCUT2D eigenvalue weighted by Gasteiger charge is 2.29. The summed E-state index contributed by atoms with van der Waals surface area (Å²) in [6.07, 6.45) is 3.83. The Morgan fingerprint density at radius 3 is 2.83 bits per heavy atom. The fourth-order valence-electron chi connectivity index (χ4n) is 1.97. The van der Waals surface area contributed by atoms with Crippen molar-refractivity contribution in [1.29, 1.82) is 0 Å². The van der Waals surface area contributed by atoms with Gasteiger partial charge in [-0.15, -0.1) is 0 Å².